The molecular formula is C8H9N3O2S. The van der Waals surface area contributed by atoms with Crippen molar-refractivity contribution >= 4 is 22.5 Å². The third-order valence-electron chi connectivity index (χ3n) is 1.40. The van der Waals surface area contributed by atoms with Gasteiger partial charge >= 0.3 is 0 Å². The Morgan fingerprint density at radius 1 is 1.79 bits per heavy atom. The largest absolute Gasteiger partial charge is 0.264 e. The molecule has 0 bridgehead atoms. The number of nitro groups is 1. The Hall–Kier alpha value is -1.43. The monoisotopic (exact) mass is 211 g/mol. The maximum atomic E-state index is 10.3. The Balaban J connectivity index is 2.78. The molecule has 0 aliphatic carbocycles. The van der Waals surface area contributed by atoms with Gasteiger partial charge in [0.15, 0.2) is 0 Å². The van der Waals surface area contributed by atoms with Gasteiger partial charge in [-0.2, -0.15) is 0 Å². The van der Waals surface area contributed by atoms with Gasteiger partial charge in [0, 0.05) is 11.1 Å². The summed E-state index contributed by atoms with van der Waals surface area (Å²) in [5.41, 5.74) is 0.638. The highest BCUT2D eigenvalue weighted by Crippen LogP contribution is 2.11. The van der Waals surface area contributed by atoms with Gasteiger partial charge in [0.05, 0.1) is 11.9 Å². The summed E-state index contributed by atoms with van der Waals surface area (Å²) in [7, 11) is 0. The zero-order chi connectivity index (χ0) is 10.4. The van der Waals surface area contributed by atoms with Gasteiger partial charge in [-0.1, -0.05) is 0 Å². The lowest BCUT2D eigenvalue weighted by Crippen LogP contribution is -2.09. The summed E-state index contributed by atoms with van der Waals surface area (Å²) in [6.07, 6.45) is 4.96. The van der Waals surface area contributed by atoms with Gasteiger partial charge in [-0.15, -0.1) is 11.8 Å². The number of rotatable bonds is 3. The van der Waals surface area contributed by atoms with Crippen LogP contribution in [-0.2, 0) is 0 Å². The second-order valence-corrected chi connectivity index (χ2v) is 3.29. The van der Waals surface area contributed by atoms with Crippen LogP contribution in [0.25, 0.3) is 0 Å². The Morgan fingerprint density at radius 3 is 3.07 bits per heavy atom. The zero-order valence-electron chi connectivity index (χ0n) is 7.58. The van der Waals surface area contributed by atoms with E-state index < -0.39 is 4.92 Å². The van der Waals surface area contributed by atoms with Crippen molar-refractivity contribution in [1.29, 1.82) is 0 Å². The molecule has 74 valence electrons. The highest BCUT2D eigenvalue weighted by Gasteiger charge is 2.05. The summed E-state index contributed by atoms with van der Waals surface area (Å²) >= 11 is 1.27. The van der Waals surface area contributed by atoms with Crippen LogP contribution < -0.4 is 0 Å². The standard InChI is InChI=1S/C8H9N3O2S/c1-14-8(6-11(12)13)10-7-3-2-4-9-5-7/h2-5H,6H2,1H3. The molecule has 0 amide bonds. The highest BCUT2D eigenvalue weighted by molar-refractivity contribution is 8.13. The SMILES string of the molecule is CSC(C[N+](=O)[O-])=Nc1cccnc1. The van der Waals surface area contributed by atoms with Crippen LogP contribution in [0, 0.1) is 10.1 Å². The van der Waals surface area contributed by atoms with Crippen LogP contribution in [0.15, 0.2) is 29.5 Å². The molecule has 0 unspecified atom stereocenters. The van der Waals surface area contributed by atoms with Crippen LogP contribution in [0.1, 0.15) is 0 Å². The highest BCUT2D eigenvalue weighted by atomic mass is 32.2. The fourth-order valence-electron chi connectivity index (χ4n) is 0.820. The molecule has 0 N–H and O–H groups in total. The summed E-state index contributed by atoms with van der Waals surface area (Å²) < 4.78 is 0. The van der Waals surface area contributed by atoms with Gasteiger partial charge in [-0.25, -0.2) is 4.99 Å². The second kappa shape index (κ2) is 5.33. The van der Waals surface area contributed by atoms with Crippen molar-refractivity contribution in [3.8, 4) is 0 Å². The number of thioether (sulfide) groups is 1. The molecule has 6 heteroatoms. The van der Waals surface area contributed by atoms with E-state index in [0.29, 0.717) is 10.7 Å². The molecule has 1 aromatic heterocycles. The third-order valence-corrected chi connectivity index (χ3v) is 2.09. The fraction of sp³-hybridized carbons (Fsp3) is 0.250. The normalized spacial score (nSPS) is 11.4. The lowest BCUT2D eigenvalue weighted by atomic mass is 10.4. The third kappa shape index (κ3) is 3.53. The number of hydrogen-bond acceptors (Lipinski definition) is 5. The lowest BCUT2D eigenvalue weighted by Gasteiger charge is -1.97. The first-order valence-corrected chi connectivity index (χ1v) is 5.08. The molecule has 1 rings (SSSR count). The number of nitrogens with zero attached hydrogens (tertiary/aromatic N) is 3. The molecule has 0 radical (unpaired) electrons. The van der Waals surface area contributed by atoms with Crippen LogP contribution in [0.5, 0.6) is 0 Å². The maximum absolute atomic E-state index is 10.3. The second-order valence-electron chi connectivity index (χ2n) is 2.41. The molecule has 0 aliphatic heterocycles. The zero-order valence-corrected chi connectivity index (χ0v) is 8.40. The summed E-state index contributed by atoms with van der Waals surface area (Å²) in [6.45, 7) is -0.240. The van der Waals surface area contributed by atoms with Crippen molar-refractivity contribution in [2.24, 2.45) is 4.99 Å². The summed E-state index contributed by atoms with van der Waals surface area (Å²) in [6, 6.07) is 3.49. The molecule has 0 atom stereocenters. The molecule has 14 heavy (non-hydrogen) atoms. The van der Waals surface area contributed by atoms with E-state index in [9.17, 15) is 10.1 Å². The van der Waals surface area contributed by atoms with Crippen molar-refractivity contribution in [2.45, 2.75) is 0 Å². The first-order valence-electron chi connectivity index (χ1n) is 3.85. The van der Waals surface area contributed by atoms with Gasteiger partial charge < -0.3 is 0 Å². The maximum Gasteiger partial charge on any atom is 0.251 e. The van der Waals surface area contributed by atoms with E-state index in [1.165, 1.54) is 11.8 Å². The predicted octanol–water partition coefficient (Wildman–Crippen LogP) is 1.75. The van der Waals surface area contributed by atoms with Crippen molar-refractivity contribution in [3.63, 3.8) is 0 Å². The molecule has 0 saturated heterocycles. The van der Waals surface area contributed by atoms with Crippen LogP contribution >= 0.6 is 11.8 Å². The lowest BCUT2D eigenvalue weighted by molar-refractivity contribution is -0.462. The summed E-state index contributed by atoms with van der Waals surface area (Å²) in [4.78, 5) is 17.8. The van der Waals surface area contributed by atoms with Gasteiger partial charge in [-0.05, 0) is 18.4 Å². The molecule has 0 spiro atoms. The topological polar surface area (TPSA) is 68.4 Å². The summed E-state index contributed by atoms with van der Waals surface area (Å²) in [5, 5.41) is 10.7. The average molecular weight is 211 g/mol. The number of hydrogen-bond donors (Lipinski definition) is 0. The first-order chi connectivity index (χ1) is 6.72. The van der Waals surface area contributed by atoms with E-state index in [1.807, 2.05) is 0 Å². The number of pyridine rings is 1. The molecule has 0 aliphatic rings. The molecular weight excluding hydrogens is 202 g/mol. The molecule has 0 fully saturated rings. The minimum Gasteiger partial charge on any atom is -0.264 e. The minimum atomic E-state index is -0.397. The van der Waals surface area contributed by atoms with Gasteiger partial charge in [-0.3, -0.25) is 15.1 Å². The van der Waals surface area contributed by atoms with E-state index in [-0.39, 0.29) is 6.54 Å². The Morgan fingerprint density at radius 2 is 2.57 bits per heavy atom. The van der Waals surface area contributed by atoms with E-state index >= 15 is 0 Å². The molecule has 1 aromatic rings. The van der Waals surface area contributed by atoms with Crippen molar-refractivity contribution in [1.82, 2.24) is 4.98 Å². The van der Waals surface area contributed by atoms with Crippen LogP contribution in [-0.4, -0.2) is 27.8 Å². The number of aromatic nitrogens is 1. The molecule has 0 aromatic carbocycles. The Kier molecular flexibility index (Phi) is 4.06. The van der Waals surface area contributed by atoms with Gasteiger partial charge in [0.25, 0.3) is 6.54 Å². The van der Waals surface area contributed by atoms with E-state index in [4.69, 9.17) is 0 Å². The average Bonchev–Trinajstić information content (AvgIpc) is 2.17. The summed E-state index contributed by atoms with van der Waals surface area (Å²) in [5.74, 6) is 0. The van der Waals surface area contributed by atoms with Crippen molar-refractivity contribution in [3.05, 3.63) is 34.6 Å². The molecule has 5 nitrogen and oxygen atoms in total. The Bertz CT molecular complexity index is 340. The van der Waals surface area contributed by atoms with E-state index in [1.54, 1.807) is 30.8 Å². The molecule has 1 heterocycles. The first kappa shape index (κ1) is 10.6. The predicted molar refractivity (Wildman–Crippen MR) is 56.7 cm³/mol. The fourth-order valence-corrected chi connectivity index (χ4v) is 1.25. The minimum absolute atomic E-state index is 0.240. The molecule has 0 saturated carbocycles. The van der Waals surface area contributed by atoms with E-state index in [0.717, 1.165) is 0 Å². The van der Waals surface area contributed by atoms with Crippen LogP contribution in [0.4, 0.5) is 5.69 Å². The smallest absolute Gasteiger partial charge is 0.251 e. The quantitative estimate of drug-likeness (QED) is 0.330. The van der Waals surface area contributed by atoms with E-state index in [2.05, 4.69) is 9.98 Å². The van der Waals surface area contributed by atoms with Gasteiger partial charge in [0.2, 0.25) is 0 Å². The number of aliphatic imine (C=N–C) groups is 1. The van der Waals surface area contributed by atoms with Gasteiger partial charge in [0.1, 0.15) is 5.04 Å². The van der Waals surface area contributed by atoms with Crippen LogP contribution in [0.2, 0.25) is 0 Å². The Labute approximate surface area is 85.4 Å². The van der Waals surface area contributed by atoms with Crippen molar-refractivity contribution < 1.29 is 4.92 Å². The van der Waals surface area contributed by atoms with Crippen molar-refractivity contribution in [2.75, 3.05) is 12.8 Å². The van der Waals surface area contributed by atoms with Crippen LogP contribution in [0.3, 0.4) is 0 Å².